The zero-order valence-corrected chi connectivity index (χ0v) is 19.0. The van der Waals surface area contributed by atoms with Crippen molar-refractivity contribution in [3.05, 3.63) is 58.6 Å². The van der Waals surface area contributed by atoms with Crippen LogP contribution in [0.5, 0.6) is 0 Å². The summed E-state index contributed by atoms with van der Waals surface area (Å²) in [6, 6.07) is 14.6. The molecule has 1 aliphatic rings. The van der Waals surface area contributed by atoms with Crippen molar-refractivity contribution < 1.29 is 13.2 Å². The monoisotopic (exact) mass is 496 g/mol. The second-order valence-corrected chi connectivity index (χ2v) is 9.89. The summed E-state index contributed by atoms with van der Waals surface area (Å²) in [6.07, 6.45) is 1.23. The minimum atomic E-state index is -3.18. The van der Waals surface area contributed by atoms with E-state index >= 15 is 0 Å². The molecule has 2 aromatic rings. The molecule has 1 heterocycles. The Balaban J connectivity index is 1.65. The van der Waals surface area contributed by atoms with Crippen molar-refractivity contribution in [2.75, 3.05) is 42.7 Å². The van der Waals surface area contributed by atoms with Crippen molar-refractivity contribution in [1.29, 1.82) is 0 Å². The first kappa shape index (κ1) is 21.7. The van der Waals surface area contributed by atoms with Gasteiger partial charge in [0, 0.05) is 36.2 Å². The number of nitrogens with one attached hydrogen (secondary N) is 2. The van der Waals surface area contributed by atoms with Gasteiger partial charge in [0.15, 0.2) is 5.11 Å². The Hall–Kier alpha value is -2.01. The van der Waals surface area contributed by atoms with E-state index in [1.54, 1.807) is 24.3 Å². The highest BCUT2D eigenvalue weighted by molar-refractivity contribution is 9.10. The summed E-state index contributed by atoms with van der Waals surface area (Å²) < 4.78 is 25.8. The first-order chi connectivity index (χ1) is 13.7. The SMILES string of the molecule is CS(=O)(=O)N1CCN(c2ccccc2NC(=S)NC(=O)c2ccc(Br)cc2)CC1. The summed E-state index contributed by atoms with van der Waals surface area (Å²) in [4.78, 5) is 14.4. The predicted octanol–water partition coefficient (Wildman–Crippen LogP) is 2.66. The van der Waals surface area contributed by atoms with Crippen molar-refractivity contribution in [3.8, 4) is 0 Å². The van der Waals surface area contributed by atoms with Crippen LogP contribution >= 0.6 is 28.1 Å². The van der Waals surface area contributed by atoms with Crippen LogP contribution in [0, 0.1) is 0 Å². The van der Waals surface area contributed by atoms with Crippen LogP contribution in [0.15, 0.2) is 53.0 Å². The molecule has 0 unspecified atom stereocenters. The third-order valence-corrected chi connectivity index (χ3v) is 6.57. The number of hydrogen-bond donors (Lipinski definition) is 2. The highest BCUT2D eigenvalue weighted by Crippen LogP contribution is 2.27. The summed E-state index contributed by atoms with van der Waals surface area (Å²) in [7, 11) is -3.18. The Bertz CT molecular complexity index is 1000. The number of carbonyl (C=O) groups excluding carboxylic acids is 1. The molecule has 154 valence electrons. The van der Waals surface area contributed by atoms with E-state index < -0.39 is 10.0 Å². The van der Waals surface area contributed by atoms with Crippen molar-refractivity contribution in [2.45, 2.75) is 0 Å². The van der Waals surface area contributed by atoms with E-state index in [0.717, 1.165) is 15.8 Å². The molecule has 1 amide bonds. The van der Waals surface area contributed by atoms with Gasteiger partial charge < -0.3 is 10.2 Å². The van der Waals surface area contributed by atoms with Crippen LogP contribution in [0.1, 0.15) is 10.4 Å². The largest absolute Gasteiger partial charge is 0.367 e. The summed E-state index contributed by atoms with van der Waals surface area (Å²) >= 11 is 8.65. The number of halogens is 1. The lowest BCUT2D eigenvalue weighted by Gasteiger charge is -2.35. The fraction of sp³-hybridized carbons (Fsp3) is 0.263. The number of nitrogens with zero attached hydrogens (tertiary/aromatic N) is 2. The van der Waals surface area contributed by atoms with Crippen LogP contribution in [0.4, 0.5) is 11.4 Å². The van der Waals surface area contributed by atoms with Gasteiger partial charge in [-0.05, 0) is 48.6 Å². The van der Waals surface area contributed by atoms with E-state index in [9.17, 15) is 13.2 Å². The number of hydrogen-bond acceptors (Lipinski definition) is 5. The number of benzene rings is 2. The lowest BCUT2D eigenvalue weighted by molar-refractivity contribution is 0.0977. The van der Waals surface area contributed by atoms with Crippen LogP contribution in [0.25, 0.3) is 0 Å². The van der Waals surface area contributed by atoms with Crippen molar-refractivity contribution in [3.63, 3.8) is 0 Å². The van der Waals surface area contributed by atoms with Gasteiger partial charge in [-0.1, -0.05) is 28.1 Å². The second-order valence-electron chi connectivity index (χ2n) is 6.58. The van der Waals surface area contributed by atoms with Crippen molar-refractivity contribution in [1.82, 2.24) is 9.62 Å². The topological polar surface area (TPSA) is 81.8 Å². The molecule has 10 heteroatoms. The first-order valence-corrected chi connectivity index (χ1v) is 12.0. The average Bonchev–Trinajstić information content (AvgIpc) is 2.68. The van der Waals surface area contributed by atoms with Gasteiger partial charge in [0.25, 0.3) is 5.91 Å². The molecule has 0 radical (unpaired) electrons. The smallest absolute Gasteiger partial charge is 0.257 e. The van der Waals surface area contributed by atoms with E-state index in [-0.39, 0.29) is 11.0 Å². The molecule has 2 aromatic carbocycles. The van der Waals surface area contributed by atoms with E-state index in [1.807, 2.05) is 24.3 Å². The molecule has 0 aliphatic carbocycles. The highest BCUT2D eigenvalue weighted by Gasteiger charge is 2.24. The molecular formula is C19H21BrN4O3S2. The van der Waals surface area contributed by atoms with Crippen molar-refractivity contribution >= 4 is 60.6 Å². The quantitative estimate of drug-likeness (QED) is 0.633. The summed E-state index contributed by atoms with van der Waals surface area (Å²) in [5.74, 6) is -0.297. The third-order valence-electron chi connectivity index (χ3n) is 4.53. The molecule has 29 heavy (non-hydrogen) atoms. The second kappa shape index (κ2) is 9.21. The lowest BCUT2D eigenvalue weighted by Crippen LogP contribution is -2.48. The third kappa shape index (κ3) is 5.75. The molecule has 0 spiro atoms. The molecule has 1 fully saturated rings. The molecule has 3 rings (SSSR count). The first-order valence-electron chi connectivity index (χ1n) is 8.91. The molecule has 0 aromatic heterocycles. The van der Waals surface area contributed by atoms with E-state index in [4.69, 9.17) is 12.2 Å². The van der Waals surface area contributed by atoms with Gasteiger partial charge in [-0.3, -0.25) is 10.1 Å². The average molecular weight is 497 g/mol. The maximum atomic E-state index is 12.3. The zero-order chi connectivity index (χ0) is 21.0. The van der Waals surface area contributed by atoms with Crippen LogP contribution in [0.3, 0.4) is 0 Å². The minimum Gasteiger partial charge on any atom is -0.367 e. The summed E-state index contributed by atoms with van der Waals surface area (Å²) in [5.41, 5.74) is 2.16. The summed E-state index contributed by atoms with van der Waals surface area (Å²) in [5, 5.41) is 5.95. The van der Waals surface area contributed by atoms with Gasteiger partial charge in [0.05, 0.1) is 17.6 Å². The summed E-state index contributed by atoms with van der Waals surface area (Å²) in [6.45, 7) is 2.00. The maximum absolute atomic E-state index is 12.3. The molecular weight excluding hydrogens is 476 g/mol. The molecule has 7 nitrogen and oxygen atoms in total. The minimum absolute atomic E-state index is 0.195. The van der Waals surface area contributed by atoms with E-state index in [1.165, 1.54) is 10.6 Å². The molecule has 2 N–H and O–H groups in total. The number of para-hydroxylation sites is 2. The Morgan fingerprint density at radius 3 is 2.28 bits per heavy atom. The predicted molar refractivity (Wildman–Crippen MR) is 123 cm³/mol. The standard InChI is InChI=1S/C19H21BrN4O3S2/c1-29(26,27)24-12-10-23(11-13-24)17-5-3-2-4-16(17)21-19(28)22-18(25)14-6-8-15(20)9-7-14/h2-9H,10-13H2,1H3,(H2,21,22,25,28). The van der Waals surface area contributed by atoms with Crippen LogP contribution in [-0.4, -0.2) is 56.2 Å². The van der Waals surface area contributed by atoms with Gasteiger partial charge in [-0.25, -0.2) is 8.42 Å². The van der Waals surface area contributed by atoms with Gasteiger partial charge in [-0.2, -0.15) is 4.31 Å². The van der Waals surface area contributed by atoms with Gasteiger partial charge in [0.2, 0.25) is 10.0 Å². The number of carbonyl (C=O) groups is 1. The number of sulfonamides is 1. The maximum Gasteiger partial charge on any atom is 0.257 e. The Labute approximate surface area is 184 Å². The molecule has 1 aliphatic heterocycles. The molecule has 0 bridgehead atoms. The number of amides is 1. The Kier molecular flexibility index (Phi) is 6.89. The fourth-order valence-corrected chi connectivity index (χ4v) is 4.34. The Morgan fingerprint density at radius 1 is 1.03 bits per heavy atom. The number of anilines is 2. The normalized spacial score (nSPS) is 15.0. The van der Waals surface area contributed by atoms with Gasteiger partial charge >= 0.3 is 0 Å². The van der Waals surface area contributed by atoms with Crippen LogP contribution in [-0.2, 0) is 10.0 Å². The van der Waals surface area contributed by atoms with Crippen molar-refractivity contribution in [2.24, 2.45) is 0 Å². The van der Waals surface area contributed by atoms with Gasteiger partial charge in [-0.15, -0.1) is 0 Å². The molecule has 1 saturated heterocycles. The number of rotatable bonds is 4. The Morgan fingerprint density at radius 2 is 1.66 bits per heavy atom. The van der Waals surface area contributed by atoms with Gasteiger partial charge in [0.1, 0.15) is 0 Å². The molecule has 0 atom stereocenters. The number of thiocarbonyl (C=S) groups is 1. The number of piperazine rings is 1. The molecule has 0 saturated carbocycles. The van der Waals surface area contributed by atoms with Crippen LogP contribution in [0.2, 0.25) is 0 Å². The van der Waals surface area contributed by atoms with E-state index in [0.29, 0.717) is 31.7 Å². The van der Waals surface area contributed by atoms with E-state index in [2.05, 4.69) is 31.5 Å². The highest BCUT2D eigenvalue weighted by atomic mass is 79.9. The fourth-order valence-electron chi connectivity index (χ4n) is 3.05. The van der Waals surface area contributed by atoms with Crippen LogP contribution < -0.4 is 15.5 Å². The lowest BCUT2D eigenvalue weighted by atomic mass is 10.2. The zero-order valence-electron chi connectivity index (χ0n) is 15.8.